The average molecular weight is 145 g/mol. The first-order valence-corrected chi connectivity index (χ1v) is 1.80. The van der Waals surface area contributed by atoms with Crippen LogP contribution in [0.25, 0.3) is 0 Å². The van der Waals surface area contributed by atoms with Gasteiger partial charge in [-0.25, -0.2) is 0 Å². The predicted octanol–water partition coefficient (Wildman–Crippen LogP) is 2.53. The van der Waals surface area contributed by atoms with E-state index >= 15 is 0 Å². The second kappa shape index (κ2) is 2.33. The molecule has 0 N–H and O–H groups in total. The second-order valence-electron chi connectivity index (χ2n) is 1.28. The van der Waals surface area contributed by atoms with Crippen molar-refractivity contribution in [3.8, 4) is 0 Å². The zero-order valence-corrected chi connectivity index (χ0v) is 4.10. The van der Waals surface area contributed by atoms with Gasteiger partial charge in [-0.2, -0.15) is 22.0 Å². The van der Waals surface area contributed by atoms with Crippen molar-refractivity contribution < 1.29 is 22.0 Å². The van der Waals surface area contributed by atoms with E-state index in [0.29, 0.717) is 0 Å². The van der Waals surface area contributed by atoms with E-state index in [2.05, 4.69) is 0 Å². The van der Waals surface area contributed by atoms with E-state index < -0.39 is 17.8 Å². The summed E-state index contributed by atoms with van der Waals surface area (Å²) in [6.07, 6.45) is -3.03. The lowest BCUT2D eigenvalue weighted by molar-refractivity contribution is 0.0581. The number of alkyl halides is 2. The molecule has 0 unspecified atom stereocenters. The normalized spacial score (nSPS) is 11.3. The van der Waals surface area contributed by atoms with Crippen molar-refractivity contribution in [1.82, 2.24) is 0 Å². The molecule has 0 bridgehead atoms. The maximum atomic E-state index is 11.3. The molecular formula is C4H2F5. The largest absolute Gasteiger partial charge is 0.307 e. The minimum atomic E-state index is -4.31. The van der Waals surface area contributed by atoms with Crippen LogP contribution in [0.1, 0.15) is 0 Å². The summed E-state index contributed by atoms with van der Waals surface area (Å²) in [6.45, 7) is 1.85. The van der Waals surface area contributed by atoms with Crippen LogP contribution in [0.2, 0.25) is 0 Å². The summed E-state index contributed by atoms with van der Waals surface area (Å²) in [5.74, 6) is -7.08. The van der Waals surface area contributed by atoms with Crippen LogP contribution in [0.4, 0.5) is 22.0 Å². The Bertz CT molecular complexity index is 126. The molecule has 0 spiro atoms. The molecule has 0 nitrogen and oxygen atoms in total. The van der Waals surface area contributed by atoms with Crippen molar-refractivity contribution in [2.75, 3.05) is 0 Å². The van der Waals surface area contributed by atoms with Crippen LogP contribution in [0.5, 0.6) is 0 Å². The van der Waals surface area contributed by atoms with Crippen LogP contribution in [0.15, 0.2) is 11.9 Å². The Balaban J connectivity index is 4.40. The second-order valence-corrected chi connectivity index (χ2v) is 1.28. The molecule has 0 atom stereocenters. The fraction of sp³-hybridized carbons (Fsp3) is 0.250. The fourth-order valence-electron chi connectivity index (χ4n) is 0.138. The molecule has 0 saturated carbocycles. The third kappa shape index (κ3) is 2.43. The molecule has 0 aliphatic carbocycles. The zero-order valence-electron chi connectivity index (χ0n) is 4.10. The summed E-state index contributed by atoms with van der Waals surface area (Å²) in [6, 6.07) is 0. The smallest absolute Gasteiger partial charge is 0.199 e. The van der Waals surface area contributed by atoms with Crippen LogP contribution in [-0.2, 0) is 0 Å². The maximum Gasteiger partial charge on any atom is 0.307 e. The van der Waals surface area contributed by atoms with Gasteiger partial charge in [-0.1, -0.05) is 0 Å². The van der Waals surface area contributed by atoms with Crippen LogP contribution in [0, 0.1) is 6.92 Å². The van der Waals surface area contributed by atoms with E-state index in [-0.39, 0.29) is 0 Å². The lowest BCUT2D eigenvalue weighted by Gasteiger charge is -2.03. The molecule has 53 valence electrons. The van der Waals surface area contributed by atoms with E-state index in [1.54, 1.807) is 0 Å². The van der Waals surface area contributed by atoms with E-state index in [1.165, 1.54) is 0 Å². The van der Waals surface area contributed by atoms with Crippen molar-refractivity contribution in [1.29, 1.82) is 0 Å². The van der Waals surface area contributed by atoms with Gasteiger partial charge in [0.05, 0.1) is 0 Å². The Morgan fingerprint density at radius 2 is 1.44 bits per heavy atom. The molecular weight excluding hydrogens is 143 g/mol. The molecule has 1 radical (unpaired) electrons. The number of hydrogen-bond acceptors (Lipinski definition) is 0. The molecule has 0 aromatic carbocycles. The molecule has 0 aromatic heterocycles. The first-order valence-electron chi connectivity index (χ1n) is 1.80. The molecule has 5 heteroatoms. The van der Waals surface area contributed by atoms with E-state index in [4.69, 9.17) is 0 Å². The molecule has 0 amide bonds. The first kappa shape index (κ1) is 8.39. The van der Waals surface area contributed by atoms with Gasteiger partial charge in [0.2, 0.25) is 5.83 Å². The number of halogens is 5. The summed E-state index contributed by atoms with van der Waals surface area (Å²) in [4.78, 5) is 0. The van der Waals surface area contributed by atoms with Crippen LogP contribution < -0.4 is 0 Å². The number of hydrogen-bond donors (Lipinski definition) is 0. The molecule has 0 aliphatic heterocycles. The standard InChI is InChI=1S/C4H2F5/c1-4(8,9)2(5)3(6)7/h1H2. The fourth-order valence-corrected chi connectivity index (χ4v) is 0.138. The van der Waals surface area contributed by atoms with Crippen LogP contribution in [0.3, 0.4) is 0 Å². The third-order valence-electron chi connectivity index (χ3n) is 0.487. The zero-order chi connectivity index (χ0) is 7.65. The van der Waals surface area contributed by atoms with Gasteiger partial charge in [0.15, 0.2) is 0 Å². The lowest BCUT2D eigenvalue weighted by atomic mass is 10.3. The molecule has 0 heterocycles. The molecule has 0 aromatic rings. The topological polar surface area (TPSA) is 0 Å². The highest BCUT2D eigenvalue weighted by atomic mass is 19.3. The number of rotatable bonds is 1. The summed E-state index contributed by atoms with van der Waals surface area (Å²) in [5.41, 5.74) is 0. The summed E-state index contributed by atoms with van der Waals surface area (Å²) in [7, 11) is 0. The SMILES string of the molecule is [CH2]C(F)(F)C(F)=C(F)F. The Labute approximate surface area is 48.0 Å². The highest BCUT2D eigenvalue weighted by Crippen LogP contribution is 2.27. The molecule has 0 rings (SSSR count). The Kier molecular flexibility index (Phi) is 2.17. The van der Waals surface area contributed by atoms with Gasteiger partial charge in [0.25, 0.3) is 0 Å². The molecule has 0 aliphatic rings. The van der Waals surface area contributed by atoms with Crippen molar-refractivity contribution in [3.05, 3.63) is 18.8 Å². The summed E-state index contributed by atoms with van der Waals surface area (Å²) in [5, 5.41) is 0. The van der Waals surface area contributed by atoms with Gasteiger partial charge >= 0.3 is 12.0 Å². The minimum Gasteiger partial charge on any atom is -0.199 e. The average Bonchev–Trinajstić information content (AvgIpc) is 1.62. The van der Waals surface area contributed by atoms with Gasteiger partial charge < -0.3 is 0 Å². The van der Waals surface area contributed by atoms with Gasteiger partial charge in [-0.15, -0.1) is 0 Å². The van der Waals surface area contributed by atoms with Gasteiger partial charge in [-0.05, 0) is 0 Å². The monoisotopic (exact) mass is 145 g/mol. The van der Waals surface area contributed by atoms with E-state index in [0.717, 1.165) is 0 Å². The first-order chi connectivity index (χ1) is 3.85. The van der Waals surface area contributed by atoms with Crippen LogP contribution in [-0.4, -0.2) is 5.92 Å². The highest BCUT2D eigenvalue weighted by Gasteiger charge is 2.32. The third-order valence-corrected chi connectivity index (χ3v) is 0.487. The summed E-state index contributed by atoms with van der Waals surface area (Å²) >= 11 is 0. The van der Waals surface area contributed by atoms with Crippen molar-refractivity contribution in [2.45, 2.75) is 5.92 Å². The Morgan fingerprint density at radius 1 is 1.11 bits per heavy atom. The van der Waals surface area contributed by atoms with Gasteiger partial charge in [-0.3, -0.25) is 0 Å². The predicted molar refractivity (Wildman–Crippen MR) is 20.7 cm³/mol. The Hall–Kier alpha value is -0.610. The summed E-state index contributed by atoms with van der Waals surface area (Å²) < 4.78 is 55.9. The maximum absolute atomic E-state index is 11.3. The molecule has 9 heavy (non-hydrogen) atoms. The van der Waals surface area contributed by atoms with Crippen molar-refractivity contribution in [3.63, 3.8) is 0 Å². The lowest BCUT2D eigenvalue weighted by Crippen LogP contribution is -2.11. The highest BCUT2D eigenvalue weighted by molar-refractivity contribution is 5.05. The Morgan fingerprint density at radius 3 is 1.44 bits per heavy atom. The number of allylic oxidation sites excluding steroid dienone is 1. The van der Waals surface area contributed by atoms with Gasteiger partial charge in [0.1, 0.15) is 0 Å². The van der Waals surface area contributed by atoms with Crippen molar-refractivity contribution in [2.24, 2.45) is 0 Å². The van der Waals surface area contributed by atoms with Crippen molar-refractivity contribution >= 4 is 0 Å². The quantitative estimate of drug-likeness (QED) is 0.497. The van der Waals surface area contributed by atoms with Gasteiger partial charge in [0, 0.05) is 6.92 Å². The molecule has 0 saturated heterocycles. The van der Waals surface area contributed by atoms with Crippen LogP contribution >= 0.6 is 0 Å². The van der Waals surface area contributed by atoms with E-state index in [9.17, 15) is 22.0 Å². The minimum absolute atomic E-state index is 1.85. The van der Waals surface area contributed by atoms with E-state index in [1.807, 2.05) is 6.92 Å². The molecule has 0 fully saturated rings.